The van der Waals surface area contributed by atoms with Crippen LogP contribution < -0.4 is 5.32 Å². The Labute approximate surface area is 153 Å². The van der Waals surface area contributed by atoms with Crippen LogP contribution in [0.4, 0.5) is 0 Å². The lowest BCUT2D eigenvalue weighted by molar-refractivity contribution is -0.133. The molecule has 1 saturated carbocycles. The third-order valence-corrected chi connectivity index (χ3v) is 5.53. The fourth-order valence-electron chi connectivity index (χ4n) is 3.78. The summed E-state index contributed by atoms with van der Waals surface area (Å²) >= 11 is 0. The van der Waals surface area contributed by atoms with Crippen LogP contribution in [-0.2, 0) is 9.59 Å². The summed E-state index contributed by atoms with van der Waals surface area (Å²) in [4.78, 5) is 28.5. The van der Waals surface area contributed by atoms with Gasteiger partial charge in [0, 0.05) is 39.1 Å². The van der Waals surface area contributed by atoms with Crippen molar-refractivity contribution >= 4 is 11.8 Å². The minimum absolute atomic E-state index is 0.102. The van der Waals surface area contributed by atoms with Crippen LogP contribution in [0.5, 0.6) is 0 Å². The van der Waals surface area contributed by atoms with Gasteiger partial charge in [0.1, 0.15) is 0 Å². The van der Waals surface area contributed by atoms with E-state index in [1.165, 1.54) is 25.7 Å². The summed E-state index contributed by atoms with van der Waals surface area (Å²) in [5.74, 6) is 1.19. The molecule has 1 N–H and O–H groups in total. The summed E-state index contributed by atoms with van der Waals surface area (Å²) < 4.78 is 0. The standard InChI is InChI=1S/C20H37N3O2/c1-20(2,3)10-11-21-18(24)16-22-12-14-23(15-13-22)19(25)9-8-17-6-4-5-7-17/h17H,4-16H2,1-3H3,(H,21,24). The summed E-state index contributed by atoms with van der Waals surface area (Å²) in [6.07, 6.45) is 8.07. The smallest absolute Gasteiger partial charge is 0.234 e. The molecule has 25 heavy (non-hydrogen) atoms. The van der Waals surface area contributed by atoms with Crippen molar-refractivity contribution in [3.63, 3.8) is 0 Å². The topological polar surface area (TPSA) is 52.7 Å². The van der Waals surface area contributed by atoms with Crippen molar-refractivity contribution < 1.29 is 9.59 Å². The molecule has 2 fully saturated rings. The molecule has 0 bridgehead atoms. The minimum atomic E-state index is 0.102. The van der Waals surface area contributed by atoms with Crippen LogP contribution in [0.2, 0.25) is 0 Å². The van der Waals surface area contributed by atoms with Gasteiger partial charge in [-0.2, -0.15) is 0 Å². The van der Waals surface area contributed by atoms with Crippen LogP contribution in [0.1, 0.15) is 65.7 Å². The van der Waals surface area contributed by atoms with Gasteiger partial charge in [0.25, 0.3) is 0 Å². The van der Waals surface area contributed by atoms with Gasteiger partial charge in [-0.25, -0.2) is 0 Å². The first-order chi connectivity index (χ1) is 11.8. The fraction of sp³-hybridized carbons (Fsp3) is 0.900. The van der Waals surface area contributed by atoms with E-state index in [0.29, 0.717) is 18.9 Å². The highest BCUT2D eigenvalue weighted by Crippen LogP contribution is 2.28. The number of nitrogens with zero attached hydrogens (tertiary/aromatic N) is 2. The highest BCUT2D eigenvalue weighted by atomic mass is 16.2. The number of hydrogen-bond acceptors (Lipinski definition) is 3. The average Bonchev–Trinajstić information content (AvgIpc) is 3.05. The Bertz CT molecular complexity index is 431. The van der Waals surface area contributed by atoms with Crippen molar-refractivity contribution in [2.24, 2.45) is 11.3 Å². The van der Waals surface area contributed by atoms with Crippen molar-refractivity contribution in [3.05, 3.63) is 0 Å². The number of carbonyl (C=O) groups excluding carboxylic acids is 2. The van der Waals surface area contributed by atoms with E-state index >= 15 is 0 Å². The van der Waals surface area contributed by atoms with E-state index in [9.17, 15) is 9.59 Å². The van der Waals surface area contributed by atoms with Crippen molar-refractivity contribution in [2.75, 3.05) is 39.3 Å². The van der Waals surface area contributed by atoms with Crippen LogP contribution in [-0.4, -0.2) is 60.9 Å². The lowest BCUT2D eigenvalue weighted by Gasteiger charge is -2.34. The Kier molecular flexibility index (Phi) is 7.73. The number of amides is 2. The van der Waals surface area contributed by atoms with Crippen LogP contribution >= 0.6 is 0 Å². The first kappa shape index (κ1) is 20.2. The molecule has 0 aromatic heterocycles. The Morgan fingerprint density at radius 2 is 1.68 bits per heavy atom. The van der Waals surface area contributed by atoms with E-state index < -0.39 is 0 Å². The second-order valence-electron chi connectivity index (χ2n) is 9.01. The van der Waals surface area contributed by atoms with Gasteiger partial charge < -0.3 is 10.2 Å². The third kappa shape index (κ3) is 7.76. The van der Waals surface area contributed by atoms with Gasteiger partial charge in [0.15, 0.2) is 0 Å². The van der Waals surface area contributed by atoms with Crippen molar-refractivity contribution in [3.8, 4) is 0 Å². The lowest BCUT2D eigenvalue weighted by Crippen LogP contribution is -2.51. The maximum absolute atomic E-state index is 12.3. The van der Waals surface area contributed by atoms with E-state index in [1.54, 1.807) is 0 Å². The summed E-state index contributed by atoms with van der Waals surface area (Å²) in [5.41, 5.74) is 0.248. The van der Waals surface area contributed by atoms with Crippen molar-refractivity contribution in [1.82, 2.24) is 15.1 Å². The Morgan fingerprint density at radius 3 is 2.28 bits per heavy atom. The molecular formula is C20H37N3O2. The van der Waals surface area contributed by atoms with E-state index in [0.717, 1.165) is 51.5 Å². The van der Waals surface area contributed by atoms with E-state index in [-0.39, 0.29) is 11.3 Å². The number of piperazine rings is 1. The first-order valence-electron chi connectivity index (χ1n) is 10.1. The largest absolute Gasteiger partial charge is 0.355 e. The predicted octanol–water partition coefficient (Wildman–Crippen LogP) is 2.65. The van der Waals surface area contributed by atoms with Crippen LogP contribution in [0.25, 0.3) is 0 Å². The van der Waals surface area contributed by atoms with Crippen molar-refractivity contribution in [2.45, 2.75) is 65.7 Å². The molecule has 0 spiro atoms. The quantitative estimate of drug-likeness (QED) is 0.767. The first-order valence-corrected chi connectivity index (χ1v) is 10.1. The summed E-state index contributed by atoms with van der Waals surface area (Å²) in [6.45, 7) is 10.9. The molecule has 0 aromatic rings. The number of hydrogen-bond donors (Lipinski definition) is 1. The van der Waals surface area contributed by atoms with E-state index in [1.807, 2.05) is 4.90 Å². The van der Waals surface area contributed by atoms with Crippen LogP contribution in [0.15, 0.2) is 0 Å². The molecule has 2 rings (SSSR count). The maximum Gasteiger partial charge on any atom is 0.234 e. The van der Waals surface area contributed by atoms with Gasteiger partial charge in [-0.1, -0.05) is 46.5 Å². The second-order valence-corrected chi connectivity index (χ2v) is 9.01. The van der Waals surface area contributed by atoms with Gasteiger partial charge in [0.2, 0.25) is 11.8 Å². The third-order valence-electron chi connectivity index (χ3n) is 5.53. The van der Waals surface area contributed by atoms with Crippen LogP contribution in [0, 0.1) is 11.3 Å². The zero-order chi connectivity index (χ0) is 18.3. The normalized spacial score (nSPS) is 20.0. The van der Waals surface area contributed by atoms with Crippen LogP contribution in [0.3, 0.4) is 0 Å². The number of rotatable bonds is 7. The highest BCUT2D eigenvalue weighted by molar-refractivity contribution is 5.78. The molecule has 0 aromatic carbocycles. The molecule has 0 radical (unpaired) electrons. The van der Waals surface area contributed by atoms with Gasteiger partial charge >= 0.3 is 0 Å². The fourth-order valence-corrected chi connectivity index (χ4v) is 3.78. The summed E-state index contributed by atoms with van der Waals surface area (Å²) in [5, 5.41) is 3.01. The molecule has 0 unspecified atom stereocenters. The van der Waals surface area contributed by atoms with Crippen molar-refractivity contribution in [1.29, 1.82) is 0 Å². The van der Waals surface area contributed by atoms with Gasteiger partial charge in [0.05, 0.1) is 6.54 Å². The zero-order valence-electron chi connectivity index (χ0n) is 16.5. The molecule has 2 amide bonds. The molecule has 1 saturated heterocycles. The molecule has 1 heterocycles. The SMILES string of the molecule is CC(C)(C)CCNC(=O)CN1CCN(C(=O)CCC2CCCC2)CC1. The zero-order valence-corrected chi connectivity index (χ0v) is 16.5. The second kappa shape index (κ2) is 9.56. The monoisotopic (exact) mass is 351 g/mol. The Morgan fingerprint density at radius 1 is 1.04 bits per heavy atom. The van der Waals surface area contributed by atoms with E-state index in [4.69, 9.17) is 0 Å². The van der Waals surface area contributed by atoms with Gasteiger partial charge in [-0.05, 0) is 24.2 Å². The Hall–Kier alpha value is -1.10. The highest BCUT2D eigenvalue weighted by Gasteiger charge is 2.23. The average molecular weight is 352 g/mol. The molecule has 144 valence electrons. The molecule has 5 heteroatoms. The minimum Gasteiger partial charge on any atom is -0.355 e. The lowest BCUT2D eigenvalue weighted by atomic mass is 9.92. The Balaban J connectivity index is 1.58. The van der Waals surface area contributed by atoms with Gasteiger partial charge in [-0.3, -0.25) is 14.5 Å². The molecule has 1 aliphatic heterocycles. The summed E-state index contributed by atoms with van der Waals surface area (Å²) in [7, 11) is 0. The predicted molar refractivity (Wildman–Crippen MR) is 101 cm³/mol. The molecule has 2 aliphatic rings. The number of nitrogens with one attached hydrogen (secondary N) is 1. The molecule has 0 atom stereocenters. The molecule has 1 aliphatic carbocycles. The van der Waals surface area contributed by atoms with Gasteiger partial charge in [-0.15, -0.1) is 0 Å². The summed E-state index contributed by atoms with van der Waals surface area (Å²) in [6, 6.07) is 0. The molecule has 5 nitrogen and oxygen atoms in total. The number of carbonyl (C=O) groups is 2. The van der Waals surface area contributed by atoms with E-state index in [2.05, 4.69) is 31.0 Å². The molecular weight excluding hydrogens is 314 g/mol. The maximum atomic E-state index is 12.3.